The SMILES string of the molecule is CSc1n[n+]2c(c(=O)[nH]1)-c1ccccc1N(C(C)=O)[C@H]2c1ccco1. The van der Waals surface area contributed by atoms with Crippen molar-refractivity contribution >= 4 is 23.4 Å². The minimum Gasteiger partial charge on any atom is -0.460 e. The van der Waals surface area contributed by atoms with E-state index in [9.17, 15) is 9.59 Å². The lowest BCUT2D eigenvalue weighted by Gasteiger charge is -2.29. The second kappa shape index (κ2) is 5.89. The molecule has 0 spiro atoms. The van der Waals surface area contributed by atoms with Crippen molar-refractivity contribution in [1.29, 1.82) is 0 Å². The zero-order valence-electron chi connectivity index (χ0n) is 13.6. The number of aromatic nitrogens is 3. The van der Waals surface area contributed by atoms with Crippen LogP contribution in [0.2, 0.25) is 0 Å². The van der Waals surface area contributed by atoms with Crippen molar-refractivity contribution in [3.8, 4) is 11.3 Å². The molecule has 1 aliphatic rings. The summed E-state index contributed by atoms with van der Waals surface area (Å²) in [4.78, 5) is 29.6. The molecule has 0 unspecified atom stereocenters. The fourth-order valence-corrected chi connectivity index (χ4v) is 3.46. The number of amides is 1. The Balaban J connectivity index is 2.11. The summed E-state index contributed by atoms with van der Waals surface area (Å²) < 4.78 is 7.13. The molecule has 3 heterocycles. The lowest BCUT2D eigenvalue weighted by atomic mass is 10.0. The molecule has 0 radical (unpaired) electrons. The average molecular weight is 355 g/mol. The fraction of sp³-hybridized carbons (Fsp3) is 0.176. The first kappa shape index (κ1) is 15.6. The highest BCUT2D eigenvalue weighted by atomic mass is 32.2. The zero-order chi connectivity index (χ0) is 17.6. The monoisotopic (exact) mass is 355 g/mol. The highest BCUT2D eigenvalue weighted by Crippen LogP contribution is 2.37. The first-order chi connectivity index (χ1) is 12.1. The number of furan rings is 1. The van der Waals surface area contributed by atoms with E-state index in [-0.39, 0.29) is 11.5 Å². The maximum atomic E-state index is 12.7. The van der Waals surface area contributed by atoms with E-state index in [1.54, 1.807) is 21.7 Å². The van der Waals surface area contributed by atoms with Crippen LogP contribution in [-0.4, -0.2) is 22.2 Å². The van der Waals surface area contributed by atoms with Gasteiger partial charge in [-0.1, -0.05) is 23.9 Å². The lowest BCUT2D eigenvalue weighted by Crippen LogP contribution is -2.60. The Morgan fingerprint density at radius 2 is 2.12 bits per heavy atom. The van der Waals surface area contributed by atoms with Crippen LogP contribution in [0.25, 0.3) is 11.3 Å². The number of carbonyl (C=O) groups is 1. The summed E-state index contributed by atoms with van der Waals surface area (Å²) in [6.45, 7) is 1.49. The Hall–Kier alpha value is -2.87. The Labute approximate surface area is 147 Å². The van der Waals surface area contributed by atoms with Gasteiger partial charge >= 0.3 is 17.4 Å². The Kier molecular flexibility index (Phi) is 3.69. The van der Waals surface area contributed by atoms with E-state index in [2.05, 4.69) is 10.1 Å². The van der Waals surface area contributed by atoms with E-state index >= 15 is 0 Å². The van der Waals surface area contributed by atoms with Crippen molar-refractivity contribution in [2.75, 3.05) is 11.2 Å². The summed E-state index contributed by atoms with van der Waals surface area (Å²) in [6, 6.07) is 10.8. The van der Waals surface area contributed by atoms with Gasteiger partial charge in [-0.15, -0.1) is 0 Å². The number of aromatic amines is 1. The van der Waals surface area contributed by atoms with E-state index in [0.29, 0.717) is 27.9 Å². The van der Waals surface area contributed by atoms with Crippen molar-refractivity contribution in [3.05, 3.63) is 58.8 Å². The smallest absolute Gasteiger partial charge is 0.325 e. The van der Waals surface area contributed by atoms with E-state index in [1.165, 1.54) is 24.9 Å². The van der Waals surface area contributed by atoms with Crippen LogP contribution in [0.3, 0.4) is 0 Å². The number of benzene rings is 1. The van der Waals surface area contributed by atoms with E-state index in [1.807, 2.05) is 30.5 Å². The molecule has 0 saturated carbocycles. The van der Waals surface area contributed by atoms with Crippen molar-refractivity contribution in [2.24, 2.45) is 0 Å². The lowest BCUT2D eigenvalue weighted by molar-refractivity contribution is -0.764. The number of rotatable bonds is 2. The highest BCUT2D eigenvalue weighted by molar-refractivity contribution is 7.98. The minimum absolute atomic E-state index is 0.167. The Bertz CT molecular complexity index is 1010. The number of nitrogens with zero attached hydrogens (tertiary/aromatic N) is 3. The van der Waals surface area contributed by atoms with Gasteiger partial charge in [-0.2, -0.15) is 0 Å². The molecule has 126 valence electrons. The van der Waals surface area contributed by atoms with Gasteiger partial charge in [-0.25, -0.2) is 4.90 Å². The van der Waals surface area contributed by atoms with Gasteiger partial charge in [0.05, 0.1) is 17.5 Å². The molecule has 0 bridgehead atoms. The molecule has 0 fully saturated rings. The summed E-state index contributed by atoms with van der Waals surface area (Å²) in [5.41, 5.74) is 1.45. The Morgan fingerprint density at radius 3 is 2.80 bits per heavy atom. The average Bonchev–Trinajstić information content (AvgIpc) is 3.13. The largest absolute Gasteiger partial charge is 0.460 e. The number of fused-ring (bicyclic) bond motifs is 3. The van der Waals surface area contributed by atoms with Crippen molar-refractivity contribution < 1.29 is 13.9 Å². The van der Waals surface area contributed by atoms with E-state index in [4.69, 9.17) is 4.42 Å². The number of thioether (sulfide) groups is 1. The van der Waals surface area contributed by atoms with Gasteiger partial charge < -0.3 is 4.42 Å². The highest BCUT2D eigenvalue weighted by Gasteiger charge is 2.46. The molecule has 25 heavy (non-hydrogen) atoms. The zero-order valence-corrected chi connectivity index (χ0v) is 14.4. The van der Waals surface area contributed by atoms with Crippen LogP contribution in [0.5, 0.6) is 0 Å². The van der Waals surface area contributed by atoms with Gasteiger partial charge in [0.25, 0.3) is 0 Å². The molecule has 1 aliphatic heterocycles. The Morgan fingerprint density at radius 1 is 1.32 bits per heavy atom. The number of carbonyl (C=O) groups excluding carboxylic acids is 1. The topological polar surface area (TPSA) is 83.1 Å². The third kappa shape index (κ3) is 2.37. The normalized spacial score (nSPS) is 15.6. The molecule has 1 atom stereocenters. The van der Waals surface area contributed by atoms with Crippen LogP contribution in [-0.2, 0) is 4.79 Å². The molecule has 4 rings (SSSR count). The second-order valence-corrected chi connectivity index (χ2v) is 6.35. The van der Waals surface area contributed by atoms with E-state index in [0.717, 1.165) is 0 Å². The van der Waals surface area contributed by atoms with Crippen LogP contribution in [0, 0.1) is 0 Å². The van der Waals surface area contributed by atoms with Crippen molar-refractivity contribution in [1.82, 2.24) is 10.1 Å². The number of nitrogens with one attached hydrogen (secondary N) is 1. The first-order valence-corrected chi connectivity index (χ1v) is 8.87. The van der Waals surface area contributed by atoms with Gasteiger partial charge in [0.1, 0.15) is 0 Å². The molecule has 1 amide bonds. The van der Waals surface area contributed by atoms with Gasteiger partial charge in [0.2, 0.25) is 11.1 Å². The number of H-pyrrole nitrogens is 1. The van der Waals surface area contributed by atoms with Gasteiger partial charge in [-0.3, -0.25) is 14.6 Å². The van der Waals surface area contributed by atoms with Gasteiger partial charge in [0.15, 0.2) is 5.76 Å². The van der Waals surface area contributed by atoms with Crippen molar-refractivity contribution in [2.45, 2.75) is 18.2 Å². The number of anilines is 1. The molecular formula is C17H15N4O3S+. The molecule has 8 heteroatoms. The third-order valence-corrected chi connectivity index (χ3v) is 4.66. The fourth-order valence-electron chi connectivity index (χ4n) is 3.10. The first-order valence-electron chi connectivity index (χ1n) is 7.64. The molecule has 7 nitrogen and oxygen atoms in total. The number of hydrogen-bond donors (Lipinski definition) is 1. The molecular weight excluding hydrogens is 340 g/mol. The van der Waals surface area contributed by atoms with Crippen LogP contribution < -0.4 is 15.1 Å². The molecule has 0 saturated heterocycles. The summed E-state index contributed by atoms with van der Waals surface area (Å²) in [7, 11) is 0. The van der Waals surface area contributed by atoms with E-state index < -0.39 is 6.17 Å². The molecule has 0 aliphatic carbocycles. The molecule has 1 N–H and O–H groups in total. The maximum Gasteiger partial charge on any atom is 0.325 e. The van der Waals surface area contributed by atoms with Crippen LogP contribution in [0.1, 0.15) is 18.8 Å². The van der Waals surface area contributed by atoms with Crippen LogP contribution in [0.15, 0.2) is 57.0 Å². The summed E-state index contributed by atoms with van der Waals surface area (Å²) in [5.74, 6) is 0.362. The predicted octanol–water partition coefficient (Wildman–Crippen LogP) is 1.95. The molecule has 3 aromatic rings. The standard InChI is InChI=1S/C17H14N4O3S/c1-10(22)20-12-7-4-3-6-11(12)14-15(23)18-17(25-2)19-21(14)16(20)13-8-5-9-24-13/h3-9,16H,1-2H3/p+1/t16-/m1/s1. The van der Waals surface area contributed by atoms with Gasteiger partial charge in [0, 0.05) is 12.0 Å². The number of hydrogen-bond acceptors (Lipinski definition) is 5. The second-order valence-electron chi connectivity index (χ2n) is 5.55. The quantitative estimate of drug-likeness (QED) is 0.561. The summed E-state index contributed by atoms with van der Waals surface area (Å²) in [5, 5.41) is 5.00. The van der Waals surface area contributed by atoms with Gasteiger partial charge in [-0.05, 0) is 35.2 Å². The van der Waals surface area contributed by atoms with Crippen LogP contribution in [0.4, 0.5) is 5.69 Å². The number of para-hydroxylation sites is 1. The predicted molar refractivity (Wildman–Crippen MR) is 92.3 cm³/mol. The summed E-state index contributed by atoms with van der Waals surface area (Å²) in [6.07, 6.45) is 2.70. The summed E-state index contributed by atoms with van der Waals surface area (Å²) >= 11 is 1.32. The van der Waals surface area contributed by atoms with Crippen molar-refractivity contribution in [3.63, 3.8) is 0 Å². The maximum absolute atomic E-state index is 12.7. The minimum atomic E-state index is -0.661. The molecule has 1 aromatic carbocycles. The third-order valence-electron chi connectivity index (χ3n) is 4.09. The van der Waals surface area contributed by atoms with Crippen LogP contribution >= 0.6 is 11.8 Å². The molecule has 2 aromatic heterocycles.